The third kappa shape index (κ3) is 3.96. The summed E-state index contributed by atoms with van der Waals surface area (Å²) in [6.45, 7) is 3.55. The molecule has 0 saturated carbocycles. The molecule has 0 spiro atoms. The number of oxime groups is 1. The van der Waals surface area contributed by atoms with Gasteiger partial charge in [0.1, 0.15) is 6.10 Å². The number of hydrogen-bond donors (Lipinski definition) is 1. The highest BCUT2D eigenvalue weighted by Gasteiger charge is 2.56. The van der Waals surface area contributed by atoms with Crippen LogP contribution in [0.3, 0.4) is 0 Å². The molecule has 0 radical (unpaired) electrons. The third-order valence-corrected chi connectivity index (χ3v) is 5.22. The molecule has 10 heteroatoms. The van der Waals surface area contributed by atoms with E-state index >= 15 is 0 Å². The molecule has 1 N–H and O–H groups in total. The Balaban J connectivity index is 2.09. The van der Waals surface area contributed by atoms with E-state index in [2.05, 4.69) is 5.16 Å². The van der Waals surface area contributed by atoms with Crippen molar-refractivity contribution in [2.24, 2.45) is 5.16 Å². The lowest BCUT2D eigenvalue weighted by Gasteiger charge is -2.29. The molecule has 1 heterocycles. The van der Waals surface area contributed by atoms with Crippen LogP contribution in [0.1, 0.15) is 36.1 Å². The van der Waals surface area contributed by atoms with E-state index in [1.807, 2.05) is 31.2 Å². The Morgan fingerprint density at radius 3 is 2.50 bits per heavy atom. The Morgan fingerprint density at radius 1 is 1.25 bits per heavy atom. The molecule has 0 bridgehead atoms. The standard InChI is InChI=1S/C22H24N2O8/c1-5-31-21(26)22(12-16(23-32-22)14-8-6-13(2)7-9-14)20(25)15-10-11-17(29-3)19(30-4)18(15)24(27)28/h6-11,20,25H,5,12H2,1-4H3/t20-,22+/m1/s1. The number of esters is 1. The molecule has 170 valence electrons. The monoisotopic (exact) mass is 444 g/mol. The third-order valence-electron chi connectivity index (χ3n) is 5.22. The smallest absolute Gasteiger partial charge is 0.356 e. The number of aryl methyl sites for hydroxylation is 1. The first-order valence-corrected chi connectivity index (χ1v) is 9.85. The number of benzene rings is 2. The molecule has 10 nitrogen and oxygen atoms in total. The zero-order chi connectivity index (χ0) is 23.5. The second-order valence-electron chi connectivity index (χ2n) is 7.18. The number of methoxy groups -OCH3 is 2. The Bertz CT molecular complexity index is 1050. The Kier molecular flexibility index (Phi) is 6.64. The van der Waals surface area contributed by atoms with E-state index in [4.69, 9.17) is 19.0 Å². The summed E-state index contributed by atoms with van der Waals surface area (Å²) in [5.74, 6) is -0.975. The molecule has 2 aromatic carbocycles. The highest BCUT2D eigenvalue weighted by Crippen LogP contribution is 2.47. The molecule has 0 aromatic heterocycles. The van der Waals surface area contributed by atoms with E-state index in [9.17, 15) is 20.0 Å². The topological polar surface area (TPSA) is 130 Å². The zero-order valence-corrected chi connectivity index (χ0v) is 18.2. The molecule has 0 fully saturated rings. The quantitative estimate of drug-likeness (QED) is 0.373. The lowest BCUT2D eigenvalue weighted by Crippen LogP contribution is -2.46. The molecule has 0 saturated heterocycles. The van der Waals surface area contributed by atoms with Crippen LogP contribution < -0.4 is 9.47 Å². The number of aliphatic hydroxyl groups is 1. The maximum Gasteiger partial charge on any atom is 0.356 e. The van der Waals surface area contributed by atoms with Gasteiger partial charge in [0.25, 0.3) is 5.60 Å². The van der Waals surface area contributed by atoms with Gasteiger partial charge in [-0.15, -0.1) is 0 Å². The molecule has 1 aliphatic rings. The van der Waals surface area contributed by atoms with E-state index in [0.717, 1.165) is 5.56 Å². The lowest BCUT2D eigenvalue weighted by atomic mass is 9.84. The van der Waals surface area contributed by atoms with Crippen LogP contribution in [0.4, 0.5) is 5.69 Å². The van der Waals surface area contributed by atoms with Gasteiger partial charge in [-0.05, 0) is 31.5 Å². The highest BCUT2D eigenvalue weighted by molar-refractivity contribution is 6.05. The van der Waals surface area contributed by atoms with E-state index in [-0.39, 0.29) is 30.1 Å². The fraction of sp³-hybridized carbons (Fsp3) is 0.364. The predicted octanol–water partition coefficient (Wildman–Crippen LogP) is 3.08. The van der Waals surface area contributed by atoms with Crippen molar-refractivity contribution < 1.29 is 33.9 Å². The fourth-order valence-corrected chi connectivity index (χ4v) is 3.56. The number of hydrogen-bond acceptors (Lipinski definition) is 9. The summed E-state index contributed by atoms with van der Waals surface area (Å²) in [5.41, 5.74) is -0.626. The first-order valence-electron chi connectivity index (χ1n) is 9.85. The van der Waals surface area contributed by atoms with Crippen molar-refractivity contribution in [3.63, 3.8) is 0 Å². The fourth-order valence-electron chi connectivity index (χ4n) is 3.56. The molecule has 2 aromatic rings. The van der Waals surface area contributed by atoms with Crippen LogP contribution in [0, 0.1) is 17.0 Å². The molecule has 0 unspecified atom stereocenters. The summed E-state index contributed by atoms with van der Waals surface area (Å²) in [7, 11) is 2.58. The van der Waals surface area contributed by atoms with Crippen molar-refractivity contribution in [3.05, 3.63) is 63.2 Å². The number of nitro groups is 1. The maximum absolute atomic E-state index is 13.0. The number of rotatable bonds is 8. The average molecular weight is 444 g/mol. The molecular formula is C22H24N2O8. The molecule has 0 aliphatic carbocycles. The minimum atomic E-state index is -2.01. The van der Waals surface area contributed by atoms with Gasteiger partial charge in [-0.2, -0.15) is 0 Å². The zero-order valence-electron chi connectivity index (χ0n) is 18.2. The van der Waals surface area contributed by atoms with Gasteiger partial charge in [0.15, 0.2) is 5.75 Å². The maximum atomic E-state index is 13.0. The normalized spacial score (nSPS) is 18.3. The molecule has 32 heavy (non-hydrogen) atoms. The average Bonchev–Trinajstić information content (AvgIpc) is 3.24. The molecule has 0 amide bonds. The van der Waals surface area contributed by atoms with Crippen LogP contribution in [0.25, 0.3) is 0 Å². The molecular weight excluding hydrogens is 420 g/mol. The largest absolute Gasteiger partial charge is 0.493 e. The Labute approximate surface area is 184 Å². The predicted molar refractivity (Wildman–Crippen MR) is 114 cm³/mol. The van der Waals surface area contributed by atoms with Gasteiger partial charge in [0, 0.05) is 0 Å². The first-order chi connectivity index (χ1) is 15.3. The Hall–Kier alpha value is -3.66. The highest BCUT2D eigenvalue weighted by atomic mass is 16.7. The van der Waals surface area contributed by atoms with Crippen molar-refractivity contribution in [2.45, 2.75) is 32.0 Å². The summed E-state index contributed by atoms with van der Waals surface area (Å²) in [6, 6.07) is 10.1. The van der Waals surface area contributed by atoms with Crippen LogP contribution in [-0.2, 0) is 14.4 Å². The van der Waals surface area contributed by atoms with Gasteiger partial charge < -0.3 is 24.2 Å². The van der Waals surface area contributed by atoms with E-state index in [1.54, 1.807) is 6.92 Å². The number of ether oxygens (including phenoxy) is 3. The lowest BCUT2D eigenvalue weighted by molar-refractivity contribution is -0.387. The van der Waals surface area contributed by atoms with Crippen molar-refractivity contribution in [2.75, 3.05) is 20.8 Å². The van der Waals surface area contributed by atoms with Gasteiger partial charge >= 0.3 is 11.7 Å². The van der Waals surface area contributed by atoms with Gasteiger partial charge in [-0.3, -0.25) is 10.1 Å². The van der Waals surface area contributed by atoms with Crippen LogP contribution in [-0.4, -0.2) is 48.1 Å². The summed E-state index contributed by atoms with van der Waals surface area (Å²) in [6.07, 6.45) is -1.94. The molecule has 1 aliphatic heterocycles. The van der Waals surface area contributed by atoms with Crippen LogP contribution in [0.5, 0.6) is 11.5 Å². The second-order valence-corrected chi connectivity index (χ2v) is 7.18. The summed E-state index contributed by atoms with van der Waals surface area (Å²) in [4.78, 5) is 29.6. The summed E-state index contributed by atoms with van der Waals surface area (Å²) >= 11 is 0. The van der Waals surface area contributed by atoms with Gasteiger partial charge in [0.2, 0.25) is 5.75 Å². The van der Waals surface area contributed by atoms with Crippen molar-refractivity contribution in [1.82, 2.24) is 0 Å². The van der Waals surface area contributed by atoms with E-state index < -0.39 is 28.3 Å². The van der Waals surface area contributed by atoms with Crippen molar-refractivity contribution >= 4 is 17.4 Å². The first kappa shape index (κ1) is 23.0. The summed E-state index contributed by atoms with van der Waals surface area (Å²) in [5, 5.41) is 27.2. The van der Waals surface area contributed by atoms with E-state index in [0.29, 0.717) is 11.3 Å². The van der Waals surface area contributed by atoms with Gasteiger partial charge in [-0.25, -0.2) is 4.79 Å². The minimum absolute atomic E-state index is 0.0184. The van der Waals surface area contributed by atoms with Crippen molar-refractivity contribution in [1.29, 1.82) is 0 Å². The SMILES string of the molecule is CCOC(=O)[C@@]1([C@H](O)c2ccc(OC)c(OC)c2[N+](=O)[O-])CC(c2ccc(C)cc2)=NO1. The molecule has 2 atom stereocenters. The number of aliphatic hydroxyl groups excluding tert-OH is 1. The van der Waals surface area contributed by atoms with Gasteiger partial charge in [0.05, 0.1) is 43.4 Å². The number of nitro benzene ring substituents is 1. The number of carbonyl (C=O) groups excluding carboxylic acids is 1. The van der Waals surface area contributed by atoms with Crippen LogP contribution in [0.15, 0.2) is 41.6 Å². The second kappa shape index (κ2) is 9.23. The van der Waals surface area contributed by atoms with Crippen molar-refractivity contribution in [3.8, 4) is 11.5 Å². The van der Waals surface area contributed by atoms with Crippen LogP contribution in [0.2, 0.25) is 0 Å². The van der Waals surface area contributed by atoms with Crippen LogP contribution >= 0.6 is 0 Å². The molecule has 3 rings (SSSR count). The number of carbonyl (C=O) groups is 1. The van der Waals surface area contributed by atoms with E-state index in [1.165, 1.54) is 26.4 Å². The summed E-state index contributed by atoms with van der Waals surface area (Å²) < 4.78 is 15.4. The number of nitrogens with zero attached hydrogens (tertiary/aromatic N) is 2. The van der Waals surface area contributed by atoms with Gasteiger partial charge in [-0.1, -0.05) is 35.0 Å². The minimum Gasteiger partial charge on any atom is -0.493 e. The Morgan fingerprint density at radius 2 is 1.94 bits per heavy atom.